The number of carbonyl (C=O) groups excluding carboxylic acids is 1. The van der Waals surface area contributed by atoms with Gasteiger partial charge in [0.15, 0.2) is 3.61 Å². The molecule has 1 aromatic rings. The zero-order valence-electron chi connectivity index (χ0n) is 11.4. The predicted molar refractivity (Wildman–Crippen MR) is 84.4 cm³/mol. The summed E-state index contributed by atoms with van der Waals surface area (Å²) in [6.45, 7) is 3.74. The zero-order valence-corrected chi connectivity index (χ0v) is 13.5. The van der Waals surface area contributed by atoms with E-state index < -0.39 is 3.61 Å². The molecule has 0 aliphatic heterocycles. The first-order valence-corrected chi connectivity index (χ1v) is 7.74. The molecular weight excluding hydrogens is 353 g/mol. The van der Waals surface area contributed by atoms with E-state index in [-0.39, 0.29) is 12.1 Å². The Morgan fingerprint density at radius 3 is 2.58 bits per heavy atom. The van der Waals surface area contributed by atoms with E-state index in [0.717, 1.165) is 6.42 Å². The molecule has 0 bridgehead atoms. The van der Waals surface area contributed by atoms with E-state index >= 15 is 0 Å². The van der Waals surface area contributed by atoms with Gasteiger partial charge in [0.2, 0.25) is 0 Å². The summed E-state index contributed by atoms with van der Waals surface area (Å²) in [5, 5.41) is 3.02. The molecule has 2 rings (SSSR count). The van der Waals surface area contributed by atoms with Gasteiger partial charge < -0.3 is 10.1 Å². The lowest BCUT2D eigenvalue weighted by Gasteiger charge is -2.22. The normalized spacial score (nSPS) is 16.8. The molecule has 1 aromatic carbocycles. The van der Waals surface area contributed by atoms with E-state index in [0.29, 0.717) is 5.92 Å². The first-order chi connectivity index (χ1) is 8.94. The Morgan fingerprint density at radius 1 is 1.42 bits per heavy atom. The molecular formula is C15H20INO2. The lowest BCUT2D eigenvalue weighted by Crippen LogP contribution is -2.40. The van der Waals surface area contributed by atoms with Gasteiger partial charge in [0.1, 0.15) is 0 Å². The summed E-state index contributed by atoms with van der Waals surface area (Å²) in [6, 6.07) is 10.5. The molecule has 0 aromatic heterocycles. The molecule has 104 valence electrons. The Morgan fingerprint density at radius 2 is 2.05 bits per heavy atom. The molecule has 0 heterocycles. The highest BCUT2D eigenvalue weighted by Crippen LogP contribution is 2.34. The van der Waals surface area contributed by atoms with E-state index in [2.05, 4.69) is 40.0 Å². The van der Waals surface area contributed by atoms with Crippen LogP contribution in [0.15, 0.2) is 30.3 Å². The fourth-order valence-electron chi connectivity index (χ4n) is 2.10. The zero-order chi connectivity index (χ0) is 13.9. The maximum absolute atomic E-state index is 11.9. The predicted octanol–water partition coefficient (Wildman–Crippen LogP) is 3.91. The fraction of sp³-hybridized carbons (Fsp3) is 0.533. The number of benzene rings is 1. The van der Waals surface area contributed by atoms with Gasteiger partial charge in [-0.15, -0.1) is 0 Å². The van der Waals surface area contributed by atoms with Gasteiger partial charge in [-0.05, 0) is 67.2 Å². The minimum Gasteiger partial charge on any atom is -0.433 e. The SMILES string of the molecule is CC(C)(I)OC(=O)N[C@@H](Cc1ccccc1)C1CC1. The summed E-state index contributed by atoms with van der Waals surface area (Å²) in [7, 11) is 0. The summed E-state index contributed by atoms with van der Waals surface area (Å²) < 4.78 is 4.85. The second kappa shape index (κ2) is 6.11. The van der Waals surface area contributed by atoms with E-state index in [1.165, 1.54) is 18.4 Å². The Hall–Kier alpha value is -0.780. The Balaban J connectivity index is 1.92. The van der Waals surface area contributed by atoms with Crippen LogP contribution in [0.1, 0.15) is 32.3 Å². The Kier molecular flexibility index (Phi) is 4.71. The van der Waals surface area contributed by atoms with Crippen molar-refractivity contribution in [3.8, 4) is 0 Å². The van der Waals surface area contributed by atoms with Gasteiger partial charge in [0.05, 0.1) is 0 Å². The van der Waals surface area contributed by atoms with Crippen LogP contribution >= 0.6 is 22.6 Å². The fourth-order valence-corrected chi connectivity index (χ4v) is 2.30. The standard InChI is InChI=1S/C15H20INO2/c1-15(2,16)19-14(18)17-13(12-8-9-12)10-11-6-4-3-5-7-11/h3-7,12-13H,8-10H2,1-2H3,(H,17,18)/t13-/m0/s1. The maximum Gasteiger partial charge on any atom is 0.408 e. The van der Waals surface area contributed by atoms with Crippen molar-refractivity contribution < 1.29 is 9.53 Å². The summed E-state index contributed by atoms with van der Waals surface area (Å²) >= 11 is 2.11. The molecule has 1 amide bonds. The molecule has 0 saturated heterocycles. The van der Waals surface area contributed by atoms with Gasteiger partial charge in [-0.3, -0.25) is 0 Å². The lowest BCUT2D eigenvalue weighted by molar-refractivity contribution is 0.103. The molecule has 1 N–H and O–H groups in total. The van der Waals surface area contributed by atoms with Crippen LogP contribution in [0.4, 0.5) is 4.79 Å². The van der Waals surface area contributed by atoms with Crippen molar-refractivity contribution in [3.05, 3.63) is 35.9 Å². The van der Waals surface area contributed by atoms with Crippen LogP contribution in [0, 0.1) is 5.92 Å². The molecule has 1 aliphatic carbocycles. The first kappa shape index (κ1) is 14.6. The van der Waals surface area contributed by atoms with E-state index in [1.807, 2.05) is 32.0 Å². The molecule has 0 spiro atoms. The minimum absolute atomic E-state index is 0.189. The molecule has 1 atom stereocenters. The Bertz CT molecular complexity index is 424. The number of nitrogens with one attached hydrogen (secondary N) is 1. The highest BCUT2D eigenvalue weighted by Gasteiger charge is 2.33. The molecule has 4 heteroatoms. The Labute approximate surface area is 128 Å². The summed E-state index contributed by atoms with van der Waals surface area (Å²) in [5.41, 5.74) is 1.26. The monoisotopic (exact) mass is 373 g/mol. The summed E-state index contributed by atoms with van der Waals surface area (Å²) in [5.74, 6) is 0.602. The van der Waals surface area contributed by atoms with Gasteiger partial charge in [0, 0.05) is 6.04 Å². The highest BCUT2D eigenvalue weighted by molar-refractivity contribution is 14.1. The average Bonchev–Trinajstić information content (AvgIpc) is 3.10. The first-order valence-electron chi connectivity index (χ1n) is 6.66. The van der Waals surface area contributed by atoms with Crippen LogP contribution in [0.3, 0.4) is 0 Å². The van der Waals surface area contributed by atoms with Crippen molar-refractivity contribution in [2.24, 2.45) is 5.92 Å². The smallest absolute Gasteiger partial charge is 0.408 e. The van der Waals surface area contributed by atoms with E-state index in [4.69, 9.17) is 4.74 Å². The van der Waals surface area contributed by atoms with E-state index in [9.17, 15) is 4.79 Å². The average molecular weight is 373 g/mol. The van der Waals surface area contributed by atoms with Gasteiger partial charge in [-0.1, -0.05) is 30.3 Å². The van der Waals surface area contributed by atoms with Crippen LogP contribution in [0.5, 0.6) is 0 Å². The topological polar surface area (TPSA) is 38.3 Å². The number of carbonyl (C=O) groups is 1. The minimum atomic E-state index is -0.470. The second-order valence-corrected chi connectivity index (χ2v) is 8.13. The van der Waals surface area contributed by atoms with Crippen LogP contribution in [-0.4, -0.2) is 15.7 Å². The third-order valence-electron chi connectivity index (χ3n) is 3.13. The molecule has 1 saturated carbocycles. The van der Waals surface area contributed by atoms with Crippen molar-refractivity contribution in [1.29, 1.82) is 0 Å². The van der Waals surface area contributed by atoms with Crippen molar-refractivity contribution in [2.45, 2.75) is 42.8 Å². The molecule has 1 fully saturated rings. The van der Waals surface area contributed by atoms with Crippen molar-refractivity contribution in [1.82, 2.24) is 5.32 Å². The summed E-state index contributed by atoms with van der Waals surface area (Å²) in [6.07, 6.45) is 2.96. The molecule has 1 aliphatic rings. The number of halogens is 1. The van der Waals surface area contributed by atoms with Gasteiger partial charge in [-0.25, -0.2) is 4.79 Å². The van der Waals surface area contributed by atoms with Crippen LogP contribution in [-0.2, 0) is 11.2 Å². The van der Waals surface area contributed by atoms with Gasteiger partial charge in [0.25, 0.3) is 0 Å². The largest absolute Gasteiger partial charge is 0.433 e. The van der Waals surface area contributed by atoms with Gasteiger partial charge in [-0.2, -0.15) is 0 Å². The molecule has 19 heavy (non-hydrogen) atoms. The van der Waals surface area contributed by atoms with Crippen molar-refractivity contribution in [3.63, 3.8) is 0 Å². The number of alkyl halides is 1. The van der Waals surface area contributed by atoms with Crippen LogP contribution < -0.4 is 5.32 Å². The number of hydrogen-bond donors (Lipinski definition) is 1. The lowest BCUT2D eigenvalue weighted by atomic mass is 10.0. The second-order valence-electron chi connectivity index (χ2n) is 5.53. The van der Waals surface area contributed by atoms with Crippen molar-refractivity contribution >= 4 is 28.7 Å². The van der Waals surface area contributed by atoms with E-state index in [1.54, 1.807) is 0 Å². The summed E-state index contributed by atoms with van der Waals surface area (Å²) in [4.78, 5) is 11.9. The number of alkyl carbamates (subject to hydrolysis) is 1. The third-order valence-corrected chi connectivity index (χ3v) is 3.35. The third kappa shape index (κ3) is 5.38. The van der Waals surface area contributed by atoms with Gasteiger partial charge >= 0.3 is 6.09 Å². The number of ether oxygens (including phenoxy) is 1. The van der Waals surface area contributed by atoms with Crippen molar-refractivity contribution in [2.75, 3.05) is 0 Å². The molecule has 0 unspecified atom stereocenters. The highest BCUT2D eigenvalue weighted by atomic mass is 127. The molecule has 0 radical (unpaired) electrons. The molecule has 3 nitrogen and oxygen atoms in total. The van der Waals surface area contributed by atoms with Crippen LogP contribution in [0.2, 0.25) is 0 Å². The quantitative estimate of drug-likeness (QED) is 0.628. The number of hydrogen-bond acceptors (Lipinski definition) is 2. The maximum atomic E-state index is 11.9. The number of amides is 1. The number of rotatable bonds is 5. The van der Waals surface area contributed by atoms with Crippen LogP contribution in [0.25, 0.3) is 0 Å².